The normalized spacial score (nSPS) is 14.3. The van der Waals surface area contributed by atoms with Gasteiger partial charge in [0.15, 0.2) is 12.0 Å². The largest absolute Gasteiger partial charge is 0.443 e. The molecule has 98 valence electrons. The van der Waals surface area contributed by atoms with Crippen molar-refractivity contribution < 1.29 is 4.42 Å². The first-order chi connectivity index (χ1) is 8.37. The van der Waals surface area contributed by atoms with E-state index in [1.165, 1.54) is 12.0 Å². The van der Waals surface area contributed by atoms with E-state index in [0.717, 1.165) is 17.5 Å². The van der Waals surface area contributed by atoms with Crippen LogP contribution in [0.5, 0.6) is 0 Å². The second-order valence-electron chi connectivity index (χ2n) is 5.75. The van der Waals surface area contributed by atoms with Crippen molar-refractivity contribution >= 4 is 11.1 Å². The lowest BCUT2D eigenvalue weighted by Crippen LogP contribution is -2.37. The number of nitrogens with two attached hydrogens (primary N) is 1. The van der Waals surface area contributed by atoms with Gasteiger partial charge in [-0.1, -0.05) is 6.07 Å². The number of aromatic nitrogens is 1. The Kier molecular flexibility index (Phi) is 3.41. The van der Waals surface area contributed by atoms with Gasteiger partial charge in [0.1, 0.15) is 5.52 Å². The van der Waals surface area contributed by atoms with E-state index in [-0.39, 0.29) is 11.6 Å². The lowest BCUT2D eigenvalue weighted by atomic mass is 9.91. The van der Waals surface area contributed by atoms with E-state index in [4.69, 9.17) is 10.2 Å². The lowest BCUT2D eigenvalue weighted by molar-refractivity contribution is 0.243. The molecule has 0 aliphatic heterocycles. The predicted octanol–water partition coefficient (Wildman–Crippen LogP) is 2.56. The molecule has 1 aromatic carbocycles. The average Bonchev–Trinajstić information content (AvgIpc) is 2.71. The Morgan fingerprint density at radius 1 is 1.39 bits per heavy atom. The van der Waals surface area contributed by atoms with Crippen molar-refractivity contribution in [3.05, 3.63) is 30.2 Å². The summed E-state index contributed by atoms with van der Waals surface area (Å²) in [5, 5.41) is 0. The number of hydrogen-bond donors (Lipinski definition) is 1. The molecular formula is C14H21N3O. The van der Waals surface area contributed by atoms with Crippen LogP contribution in [0.15, 0.2) is 29.0 Å². The van der Waals surface area contributed by atoms with Crippen LogP contribution in [-0.2, 0) is 0 Å². The third kappa shape index (κ3) is 2.89. The van der Waals surface area contributed by atoms with Gasteiger partial charge in [0, 0.05) is 11.6 Å². The van der Waals surface area contributed by atoms with Crippen LogP contribution in [0.3, 0.4) is 0 Å². The number of rotatable bonds is 4. The third-order valence-electron chi connectivity index (χ3n) is 3.08. The molecule has 2 N–H and O–H groups in total. The summed E-state index contributed by atoms with van der Waals surface area (Å²) in [5.41, 5.74) is 8.87. The first kappa shape index (κ1) is 13.1. The second kappa shape index (κ2) is 4.71. The molecule has 0 saturated carbocycles. The summed E-state index contributed by atoms with van der Waals surface area (Å²) in [6.07, 6.45) is 2.37. The molecule has 4 nitrogen and oxygen atoms in total. The first-order valence-electron chi connectivity index (χ1n) is 6.15. The predicted molar refractivity (Wildman–Crippen MR) is 73.3 cm³/mol. The van der Waals surface area contributed by atoms with Gasteiger partial charge < -0.3 is 15.1 Å². The van der Waals surface area contributed by atoms with Crippen LogP contribution in [0.1, 0.15) is 31.9 Å². The highest BCUT2D eigenvalue weighted by Crippen LogP contribution is 2.28. The fraction of sp³-hybridized carbons (Fsp3) is 0.500. The highest BCUT2D eigenvalue weighted by molar-refractivity contribution is 5.72. The molecule has 4 heteroatoms. The molecule has 0 bridgehead atoms. The van der Waals surface area contributed by atoms with E-state index >= 15 is 0 Å². The topological polar surface area (TPSA) is 55.3 Å². The highest BCUT2D eigenvalue weighted by Gasteiger charge is 2.22. The summed E-state index contributed by atoms with van der Waals surface area (Å²) in [6, 6.07) is 6.42. The zero-order valence-electron chi connectivity index (χ0n) is 11.5. The molecule has 18 heavy (non-hydrogen) atoms. The molecule has 0 radical (unpaired) electrons. The molecule has 0 saturated heterocycles. The Labute approximate surface area is 108 Å². The van der Waals surface area contributed by atoms with Crippen LogP contribution in [0.4, 0.5) is 0 Å². The van der Waals surface area contributed by atoms with Crippen LogP contribution >= 0.6 is 0 Å². The minimum atomic E-state index is -0.203. The van der Waals surface area contributed by atoms with Crippen LogP contribution in [0.2, 0.25) is 0 Å². The maximum absolute atomic E-state index is 6.14. The van der Waals surface area contributed by atoms with Gasteiger partial charge in [-0.15, -0.1) is 0 Å². The molecular weight excluding hydrogens is 226 g/mol. The van der Waals surface area contributed by atoms with E-state index in [2.05, 4.69) is 50.0 Å². The fourth-order valence-electron chi connectivity index (χ4n) is 2.18. The lowest BCUT2D eigenvalue weighted by Gasteiger charge is -2.31. The number of fused-ring (bicyclic) bond motifs is 1. The van der Waals surface area contributed by atoms with Crippen molar-refractivity contribution in [3.63, 3.8) is 0 Å². The van der Waals surface area contributed by atoms with Gasteiger partial charge in [-0.25, -0.2) is 4.98 Å². The van der Waals surface area contributed by atoms with Crippen molar-refractivity contribution in [2.24, 2.45) is 5.73 Å². The Hall–Kier alpha value is -1.39. The standard InChI is InChI=1S/C14H21N3O/c1-14(2,15)8-12(17(3)4)10-5-6-11-13(7-10)18-9-16-11/h5-7,9,12H,8,15H2,1-4H3. The van der Waals surface area contributed by atoms with Crippen LogP contribution in [-0.4, -0.2) is 29.5 Å². The quantitative estimate of drug-likeness (QED) is 0.902. The molecule has 2 aromatic rings. The molecule has 0 aliphatic rings. The Morgan fingerprint density at radius 3 is 2.72 bits per heavy atom. The number of hydrogen-bond acceptors (Lipinski definition) is 4. The molecule has 0 fully saturated rings. The first-order valence-corrected chi connectivity index (χ1v) is 6.15. The minimum Gasteiger partial charge on any atom is -0.443 e. The summed E-state index contributed by atoms with van der Waals surface area (Å²) in [5.74, 6) is 0. The van der Waals surface area contributed by atoms with Crippen molar-refractivity contribution in [1.29, 1.82) is 0 Å². The Bertz CT molecular complexity index is 525. The molecule has 0 spiro atoms. The van der Waals surface area contributed by atoms with Crippen LogP contribution in [0.25, 0.3) is 11.1 Å². The van der Waals surface area contributed by atoms with Gasteiger partial charge in [-0.05, 0) is 52.1 Å². The summed E-state index contributed by atoms with van der Waals surface area (Å²) >= 11 is 0. The van der Waals surface area contributed by atoms with E-state index in [1.54, 1.807) is 0 Å². The molecule has 1 unspecified atom stereocenters. The van der Waals surface area contributed by atoms with Gasteiger partial charge >= 0.3 is 0 Å². The summed E-state index contributed by atoms with van der Waals surface area (Å²) < 4.78 is 5.36. The molecule has 0 amide bonds. The van der Waals surface area contributed by atoms with Gasteiger partial charge in [0.25, 0.3) is 0 Å². The zero-order chi connectivity index (χ0) is 13.3. The van der Waals surface area contributed by atoms with E-state index < -0.39 is 0 Å². The van der Waals surface area contributed by atoms with E-state index in [1.807, 2.05) is 6.07 Å². The maximum Gasteiger partial charge on any atom is 0.181 e. The average molecular weight is 247 g/mol. The summed E-state index contributed by atoms with van der Waals surface area (Å²) in [6.45, 7) is 4.10. The second-order valence-corrected chi connectivity index (χ2v) is 5.75. The van der Waals surface area contributed by atoms with Crippen molar-refractivity contribution in [2.75, 3.05) is 14.1 Å². The van der Waals surface area contributed by atoms with E-state index in [0.29, 0.717) is 0 Å². The Morgan fingerprint density at radius 2 is 2.11 bits per heavy atom. The smallest absolute Gasteiger partial charge is 0.181 e. The molecule has 1 heterocycles. The van der Waals surface area contributed by atoms with E-state index in [9.17, 15) is 0 Å². The zero-order valence-corrected chi connectivity index (χ0v) is 11.5. The van der Waals surface area contributed by atoms with Crippen LogP contribution in [0, 0.1) is 0 Å². The Balaban J connectivity index is 2.35. The monoisotopic (exact) mass is 247 g/mol. The van der Waals surface area contributed by atoms with Gasteiger partial charge in [-0.3, -0.25) is 0 Å². The van der Waals surface area contributed by atoms with Crippen LogP contribution < -0.4 is 5.73 Å². The number of nitrogens with zero attached hydrogens (tertiary/aromatic N) is 2. The highest BCUT2D eigenvalue weighted by atomic mass is 16.3. The van der Waals surface area contributed by atoms with Gasteiger partial charge in [0.05, 0.1) is 0 Å². The number of benzene rings is 1. The van der Waals surface area contributed by atoms with Crippen molar-refractivity contribution in [1.82, 2.24) is 9.88 Å². The van der Waals surface area contributed by atoms with Gasteiger partial charge in [-0.2, -0.15) is 0 Å². The molecule has 2 rings (SSSR count). The summed E-state index contributed by atoms with van der Waals surface area (Å²) in [7, 11) is 4.14. The fourth-order valence-corrected chi connectivity index (χ4v) is 2.18. The summed E-state index contributed by atoms with van der Waals surface area (Å²) in [4.78, 5) is 6.32. The SMILES string of the molecule is CN(C)C(CC(C)(C)N)c1ccc2ncoc2c1. The van der Waals surface area contributed by atoms with Crippen molar-refractivity contribution in [2.45, 2.75) is 31.8 Å². The third-order valence-corrected chi connectivity index (χ3v) is 3.08. The molecule has 1 aromatic heterocycles. The minimum absolute atomic E-state index is 0.203. The number of oxazole rings is 1. The molecule has 1 atom stereocenters. The maximum atomic E-state index is 6.14. The van der Waals surface area contributed by atoms with Crippen molar-refractivity contribution in [3.8, 4) is 0 Å². The molecule has 0 aliphatic carbocycles. The van der Waals surface area contributed by atoms with Gasteiger partial charge in [0.2, 0.25) is 0 Å².